The summed E-state index contributed by atoms with van der Waals surface area (Å²) in [5.74, 6) is 0.734. The summed E-state index contributed by atoms with van der Waals surface area (Å²) < 4.78 is 5.45. The summed E-state index contributed by atoms with van der Waals surface area (Å²) >= 11 is 6.03. The van der Waals surface area contributed by atoms with Gasteiger partial charge in [0.2, 0.25) is 0 Å². The first-order valence-corrected chi connectivity index (χ1v) is 5.20. The van der Waals surface area contributed by atoms with Gasteiger partial charge in [0.1, 0.15) is 5.75 Å². The molecule has 0 spiro atoms. The lowest BCUT2D eigenvalue weighted by molar-refractivity contribution is 0.317. The first-order chi connectivity index (χ1) is 6.65. The minimum absolute atomic E-state index is 0.00715. The van der Waals surface area contributed by atoms with Gasteiger partial charge in [-0.05, 0) is 31.0 Å². The number of nitrogens with two attached hydrogens (primary N) is 1. The molecule has 0 saturated heterocycles. The van der Waals surface area contributed by atoms with Crippen LogP contribution < -0.4 is 10.5 Å². The molecule has 1 aromatic carbocycles. The number of hydrogen-bond acceptors (Lipinski definition) is 2. The van der Waals surface area contributed by atoms with E-state index in [1.165, 1.54) is 0 Å². The summed E-state index contributed by atoms with van der Waals surface area (Å²) in [5.41, 5.74) is 6.76. The van der Waals surface area contributed by atoms with E-state index < -0.39 is 0 Å². The van der Waals surface area contributed by atoms with Crippen molar-refractivity contribution >= 4 is 11.6 Å². The van der Waals surface area contributed by atoms with Crippen LogP contribution in [0, 0.1) is 0 Å². The molecule has 0 unspecified atom stereocenters. The third kappa shape index (κ3) is 2.89. The Kier molecular flexibility index (Phi) is 4.23. The topological polar surface area (TPSA) is 35.2 Å². The van der Waals surface area contributed by atoms with E-state index in [2.05, 4.69) is 6.92 Å². The van der Waals surface area contributed by atoms with E-state index in [9.17, 15) is 0 Å². The van der Waals surface area contributed by atoms with Crippen molar-refractivity contribution in [1.29, 1.82) is 0 Å². The predicted molar refractivity (Wildman–Crippen MR) is 59.8 cm³/mol. The number of ether oxygens (including phenoxy) is 1. The Labute approximate surface area is 90.0 Å². The summed E-state index contributed by atoms with van der Waals surface area (Å²) in [6.07, 6.45) is 0.978. The van der Waals surface area contributed by atoms with Crippen LogP contribution in [-0.2, 0) is 0 Å². The lowest BCUT2D eigenvalue weighted by Crippen LogP contribution is -2.05. The number of halogens is 1. The van der Waals surface area contributed by atoms with Crippen molar-refractivity contribution in [3.63, 3.8) is 0 Å². The van der Waals surface area contributed by atoms with Crippen molar-refractivity contribution in [2.75, 3.05) is 6.61 Å². The largest absolute Gasteiger partial charge is 0.492 e. The molecule has 0 saturated carbocycles. The van der Waals surface area contributed by atoms with Crippen molar-refractivity contribution in [3.8, 4) is 5.75 Å². The van der Waals surface area contributed by atoms with Crippen LogP contribution in [0.5, 0.6) is 5.75 Å². The van der Waals surface area contributed by atoms with Gasteiger partial charge in [-0.1, -0.05) is 24.6 Å². The Hall–Kier alpha value is -0.730. The van der Waals surface area contributed by atoms with Crippen molar-refractivity contribution in [1.82, 2.24) is 0 Å². The maximum atomic E-state index is 6.03. The first kappa shape index (κ1) is 11.3. The Morgan fingerprint density at radius 1 is 1.50 bits per heavy atom. The normalized spacial score (nSPS) is 12.6. The summed E-state index contributed by atoms with van der Waals surface area (Å²) in [6, 6.07) is 5.68. The Morgan fingerprint density at radius 3 is 2.71 bits per heavy atom. The van der Waals surface area contributed by atoms with Gasteiger partial charge in [0, 0.05) is 6.04 Å². The van der Waals surface area contributed by atoms with Gasteiger partial charge in [0.15, 0.2) is 0 Å². The van der Waals surface area contributed by atoms with Crippen LogP contribution in [0.1, 0.15) is 31.9 Å². The van der Waals surface area contributed by atoms with Gasteiger partial charge in [0.05, 0.1) is 11.6 Å². The zero-order valence-corrected chi connectivity index (χ0v) is 9.34. The van der Waals surface area contributed by atoms with Crippen molar-refractivity contribution in [2.24, 2.45) is 5.73 Å². The smallest absolute Gasteiger partial charge is 0.137 e. The molecule has 0 bridgehead atoms. The Bertz CT molecular complexity index is 299. The van der Waals surface area contributed by atoms with E-state index in [0.29, 0.717) is 11.6 Å². The second-order valence-electron chi connectivity index (χ2n) is 3.33. The van der Waals surface area contributed by atoms with Crippen LogP contribution >= 0.6 is 11.6 Å². The molecular formula is C11H16ClNO. The molecule has 0 aliphatic heterocycles. The Morgan fingerprint density at radius 2 is 2.21 bits per heavy atom. The summed E-state index contributed by atoms with van der Waals surface area (Å²) in [5, 5.41) is 0.633. The molecule has 1 atom stereocenters. The van der Waals surface area contributed by atoms with Crippen molar-refractivity contribution in [2.45, 2.75) is 26.3 Å². The minimum atomic E-state index is 0.00715. The van der Waals surface area contributed by atoms with E-state index in [0.717, 1.165) is 17.7 Å². The number of benzene rings is 1. The van der Waals surface area contributed by atoms with E-state index in [4.69, 9.17) is 22.1 Å². The quantitative estimate of drug-likeness (QED) is 0.834. The fraction of sp³-hybridized carbons (Fsp3) is 0.455. The first-order valence-electron chi connectivity index (χ1n) is 4.83. The highest BCUT2D eigenvalue weighted by molar-refractivity contribution is 6.32. The highest BCUT2D eigenvalue weighted by Crippen LogP contribution is 2.27. The summed E-state index contributed by atoms with van der Waals surface area (Å²) in [7, 11) is 0. The molecule has 0 heterocycles. The fourth-order valence-corrected chi connectivity index (χ4v) is 1.37. The van der Waals surface area contributed by atoms with Gasteiger partial charge in [-0.2, -0.15) is 0 Å². The van der Waals surface area contributed by atoms with Crippen LogP contribution in [0.2, 0.25) is 5.02 Å². The van der Waals surface area contributed by atoms with E-state index in [1.54, 1.807) is 0 Å². The zero-order chi connectivity index (χ0) is 10.6. The molecule has 0 fully saturated rings. The van der Waals surface area contributed by atoms with Crippen LogP contribution in [0.15, 0.2) is 18.2 Å². The minimum Gasteiger partial charge on any atom is -0.492 e. The van der Waals surface area contributed by atoms with E-state index in [1.807, 2.05) is 25.1 Å². The van der Waals surface area contributed by atoms with Crippen molar-refractivity contribution in [3.05, 3.63) is 28.8 Å². The molecule has 0 aliphatic rings. The van der Waals surface area contributed by atoms with Crippen molar-refractivity contribution < 1.29 is 4.74 Å². The molecule has 0 aliphatic carbocycles. The van der Waals surface area contributed by atoms with Gasteiger partial charge < -0.3 is 10.5 Å². The lowest BCUT2D eigenvalue weighted by Gasteiger charge is -2.10. The third-order valence-corrected chi connectivity index (χ3v) is 2.24. The molecule has 78 valence electrons. The molecule has 1 aromatic rings. The standard InChI is InChI=1S/C11H16ClNO/c1-3-6-14-11-5-4-9(8(2)13)7-10(11)12/h4-5,7-8H,3,6,13H2,1-2H3/t8-/m1/s1. The molecule has 0 aromatic heterocycles. The molecule has 0 amide bonds. The summed E-state index contributed by atoms with van der Waals surface area (Å²) in [4.78, 5) is 0. The molecule has 14 heavy (non-hydrogen) atoms. The predicted octanol–water partition coefficient (Wildman–Crippen LogP) is 3.15. The Balaban J connectivity index is 2.79. The van der Waals surface area contributed by atoms with Gasteiger partial charge in [-0.15, -0.1) is 0 Å². The van der Waals surface area contributed by atoms with Crippen LogP contribution in [-0.4, -0.2) is 6.61 Å². The maximum Gasteiger partial charge on any atom is 0.137 e. The maximum absolute atomic E-state index is 6.03. The second-order valence-corrected chi connectivity index (χ2v) is 3.73. The highest BCUT2D eigenvalue weighted by atomic mass is 35.5. The van der Waals surface area contributed by atoms with Crippen LogP contribution in [0.4, 0.5) is 0 Å². The van der Waals surface area contributed by atoms with Gasteiger partial charge in [-0.3, -0.25) is 0 Å². The zero-order valence-electron chi connectivity index (χ0n) is 8.59. The average molecular weight is 214 g/mol. The average Bonchev–Trinajstić information content (AvgIpc) is 2.15. The van der Waals surface area contributed by atoms with Crippen LogP contribution in [0.3, 0.4) is 0 Å². The van der Waals surface area contributed by atoms with Gasteiger partial charge in [-0.25, -0.2) is 0 Å². The summed E-state index contributed by atoms with van der Waals surface area (Å²) in [6.45, 7) is 4.68. The fourth-order valence-electron chi connectivity index (χ4n) is 1.13. The number of hydrogen-bond donors (Lipinski definition) is 1. The highest BCUT2D eigenvalue weighted by Gasteiger charge is 2.05. The van der Waals surface area contributed by atoms with E-state index in [-0.39, 0.29) is 6.04 Å². The molecule has 2 nitrogen and oxygen atoms in total. The molecule has 3 heteroatoms. The van der Waals surface area contributed by atoms with Gasteiger partial charge in [0.25, 0.3) is 0 Å². The third-order valence-electron chi connectivity index (χ3n) is 1.94. The molecule has 1 rings (SSSR count). The molecule has 0 radical (unpaired) electrons. The molecule has 2 N–H and O–H groups in total. The number of rotatable bonds is 4. The monoisotopic (exact) mass is 213 g/mol. The lowest BCUT2D eigenvalue weighted by atomic mass is 10.1. The van der Waals surface area contributed by atoms with E-state index >= 15 is 0 Å². The van der Waals surface area contributed by atoms with Gasteiger partial charge >= 0.3 is 0 Å². The second kappa shape index (κ2) is 5.23. The SMILES string of the molecule is CCCOc1ccc([C@@H](C)N)cc1Cl. The van der Waals surface area contributed by atoms with Crippen LogP contribution in [0.25, 0.3) is 0 Å². The molecular weight excluding hydrogens is 198 g/mol.